The van der Waals surface area contributed by atoms with Gasteiger partial charge in [0.25, 0.3) is 0 Å². The SMILES string of the molecule is Cc1ccc(C2CC2C(=O)NCc2ccccc2-c2ccc(Cn3ccnc3)cc2)s1. The molecular weight excluding hydrogens is 402 g/mol. The Morgan fingerprint density at radius 1 is 1.13 bits per heavy atom. The number of rotatable bonds is 7. The van der Waals surface area contributed by atoms with Crippen LogP contribution in [0.15, 0.2) is 79.4 Å². The van der Waals surface area contributed by atoms with Crippen molar-refractivity contribution in [2.45, 2.75) is 32.4 Å². The minimum absolute atomic E-state index is 0.118. The second-order valence-corrected chi connectivity index (χ2v) is 9.52. The van der Waals surface area contributed by atoms with Crippen LogP contribution < -0.4 is 5.32 Å². The molecule has 0 saturated heterocycles. The molecule has 1 saturated carbocycles. The molecule has 4 aromatic rings. The van der Waals surface area contributed by atoms with Gasteiger partial charge < -0.3 is 9.88 Å². The summed E-state index contributed by atoms with van der Waals surface area (Å²) in [4.78, 5) is 19.5. The van der Waals surface area contributed by atoms with Crippen molar-refractivity contribution in [3.8, 4) is 11.1 Å². The van der Waals surface area contributed by atoms with Gasteiger partial charge in [-0.3, -0.25) is 4.79 Å². The lowest BCUT2D eigenvalue weighted by Crippen LogP contribution is -2.25. The summed E-state index contributed by atoms with van der Waals surface area (Å²) in [5.41, 5.74) is 4.70. The van der Waals surface area contributed by atoms with Gasteiger partial charge in [0.2, 0.25) is 5.91 Å². The molecule has 0 bridgehead atoms. The number of amides is 1. The maximum atomic E-state index is 12.7. The van der Waals surface area contributed by atoms with Crippen molar-refractivity contribution in [2.75, 3.05) is 0 Å². The van der Waals surface area contributed by atoms with Crippen molar-refractivity contribution in [3.63, 3.8) is 0 Å². The molecule has 0 radical (unpaired) electrons. The summed E-state index contributed by atoms with van der Waals surface area (Å²) in [5.74, 6) is 0.686. The third kappa shape index (κ3) is 4.47. The largest absolute Gasteiger partial charge is 0.352 e. The summed E-state index contributed by atoms with van der Waals surface area (Å²) >= 11 is 1.81. The summed E-state index contributed by atoms with van der Waals surface area (Å²) in [6.45, 7) is 3.48. The number of imidazole rings is 1. The highest BCUT2D eigenvalue weighted by Crippen LogP contribution is 2.49. The molecule has 1 aliphatic carbocycles. The van der Waals surface area contributed by atoms with Gasteiger partial charge in [-0.25, -0.2) is 4.98 Å². The standard InChI is InChI=1S/C26H25N3OS/c1-18-6-11-25(31-18)23-14-24(23)26(30)28-15-21-4-2-3-5-22(21)20-9-7-19(8-10-20)16-29-13-12-27-17-29/h2-13,17,23-24H,14-16H2,1H3,(H,28,30). The molecule has 1 fully saturated rings. The number of aromatic nitrogens is 2. The number of hydrogen-bond donors (Lipinski definition) is 1. The molecule has 2 aromatic carbocycles. The van der Waals surface area contributed by atoms with Crippen LogP contribution >= 0.6 is 11.3 Å². The fourth-order valence-corrected chi connectivity index (χ4v) is 5.16. The zero-order valence-corrected chi connectivity index (χ0v) is 18.3. The van der Waals surface area contributed by atoms with Crippen LogP contribution in [-0.4, -0.2) is 15.5 Å². The van der Waals surface area contributed by atoms with E-state index in [1.54, 1.807) is 6.20 Å². The van der Waals surface area contributed by atoms with E-state index in [4.69, 9.17) is 0 Å². The summed E-state index contributed by atoms with van der Waals surface area (Å²) in [6.07, 6.45) is 6.56. The first kappa shape index (κ1) is 19.8. The number of carbonyl (C=O) groups excluding carboxylic acids is 1. The van der Waals surface area contributed by atoms with Crippen LogP contribution in [0, 0.1) is 12.8 Å². The van der Waals surface area contributed by atoms with E-state index < -0.39 is 0 Å². The number of aryl methyl sites for hydroxylation is 1. The lowest BCUT2D eigenvalue weighted by Gasteiger charge is -2.12. The first-order valence-electron chi connectivity index (χ1n) is 10.6. The van der Waals surface area contributed by atoms with Crippen molar-refractivity contribution in [1.29, 1.82) is 0 Å². The summed E-state index contributed by atoms with van der Waals surface area (Å²) in [7, 11) is 0. The van der Waals surface area contributed by atoms with Gasteiger partial charge in [0.05, 0.1) is 6.33 Å². The van der Waals surface area contributed by atoms with E-state index in [0.29, 0.717) is 12.5 Å². The Morgan fingerprint density at radius 2 is 1.97 bits per heavy atom. The average Bonchev–Trinajstić information content (AvgIpc) is 3.19. The molecule has 31 heavy (non-hydrogen) atoms. The minimum atomic E-state index is 0.118. The molecule has 0 spiro atoms. The average molecular weight is 428 g/mol. The Labute approximate surface area is 186 Å². The maximum Gasteiger partial charge on any atom is 0.224 e. The van der Waals surface area contributed by atoms with E-state index in [9.17, 15) is 4.79 Å². The molecule has 5 rings (SSSR count). The van der Waals surface area contributed by atoms with Crippen LogP contribution in [-0.2, 0) is 17.9 Å². The van der Waals surface area contributed by atoms with Crippen LogP contribution in [0.1, 0.15) is 33.2 Å². The van der Waals surface area contributed by atoms with Crippen molar-refractivity contribution in [3.05, 3.63) is 100 Å². The van der Waals surface area contributed by atoms with Gasteiger partial charge in [-0.2, -0.15) is 0 Å². The second kappa shape index (κ2) is 8.52. The van der Waals surface area contributed by atoms with E-state index in [2.05, 4.69) is 76.4 Å². The van der Waals surface area contributed by atoms with E-state index in [0.717, 1.165) is 24.1 Å². The molecule has 4 nitrogen and oxygen atoms in total. The maximum absolute atomic E-state index is 12.7. The van der Waals surface area contributed by atoms with Crippen LogP contribution in [0.25, 0.3) is 11.1 Å². The van der Waals surface area contributed by atoms with Crippen molar-refractivity contribution < 1.29 is 4.79 Å². The normalized spacial score (nSPS) is 17.5. The molecule has 2 aromatic heterocycles. The fraction of sp³-hybridized carbons (Fsp3) is 0.231. The third-order valence-corrected chi connectivity index (χ3v) is 7.05. The fourth-order valence-electron chi connectivity index (χ4n) is 4.10. The van der Waals surface area contributed by atoms with Crippen molar-refractivity contribution in [2.24, 2.45) is 5.92 Å². The molecule has 2 atom stereocenters. The number of nitrogens with zero attached hydrogens (tertiary/aromatic N) is 2. The summed E-state index contributed by atoms with van der Waals surface area (Å²) in [6, 6.07) is 21.2. The van der Waals surface area contributed by atoms with E-state index in [-0.39, 0.29) is 11.8 Å². The Bertz CT molecular complexity index is 1180. The number of thiophene rings is 1. The van der Waals surface area contributed by atoms with Crippen LogP contribution in [0.5, 0.6) is 0 Å². The highest BCUT2D eigenvalue weighted by molar-refractivity contribution is 7.12. The smallest absolute Gasteiger partial charge is 0.224 e. The molecule has 1 aliphatic rings. The van der Waals surface area contributed by atoms with Gasteiger partial charge in [0.1, 0.15) is 0 Å². The van der Waals surface area contributed by atoms with Gasteiger partial charge in [0.15, 0.2) is 0 Å². The molecule has 1 N–H and O–H groups in total. The minimum Gasteiger partial charge on any atom is -0.352 e. The molecular formula is C26H25N3OS. The van der Waals surface area contributed by atoms with Crippen molar-refractivity contribution in [1.82, 2.24) is 14.9 Å². The van der Waals surface area contributed by atoms with Crippen LogP contribution in [0.3, 0.4) is 0 Å². The predicted molar refractivity (Wildman–Crippen MR) is 125 cm³/mol. The summed E-state index contributed by atoms with van der Waals surface area (Å²) in [5, 5.41) is 3.17. The van der Waals surface area contributed by atoms with Crippen molar-refractivity contribution >= 4 is 17.2 Å². The molecule has 5 heteroatoms. The number of nitrogens with one attached hydrogen (secondary N) is 1. The van der Waals surface area contributed by atoms with E-state index in [1.807, 2.05) is 29.9 Å². The lowest BCUT2D eigenvalue weighted by atomic mass is 9.98. The monoisotopic (exact) mass is 427 g/mol. The zero-order chi connectivity index (χ0) is 21.2. The van der Waals surface area contributed by atoms with Gasteiger partial charge in [-0.15, -0.1) is 11.3 Å². The Balaban J connectivity index is 1.24. The summed E-state index contributed by atoms with van der Waals surface area (Å²) < 4.78 is 2.06. The van der Waals surface area contributed by atoms with E-state index in [1.165, 1.54) is 20.9 Å². The second-order valence-electron chi connectivity index (χ2n) is 8.20. The Hall–Kier alpha value is -3.18. The zero-order valence-electron chi connectivity index (χ0n) is 17.5. The molecule has 156 valence electrons. The third-order valence-electron chi connectivity index (χ3n) is 5.91. The highest BCUT2D eigenvalue weighted by atomic mass is 32.1. The quantitative estimate of drug-likeness (QED) is 0.430. The number of carbonyl (C=O) groups is 1. The van der Waals surface area contributed by atoms with Gasteiger partial charge >= 0.3 is 0 Å². The molecule has 2 unspecified atom stereocenters. The molecule has 0 aliphatic heterocycles. The van der Waals surface area contributed by atoms with Crippen LogP contribution in [0.2, 0.25) is 0 Å². The molecule has 2 heterocycles. The number of hydrogen-bond acceptors (Lipinski definition) is 3. The first-order chi connectivity index (χ1) is 15.2. The number of benzene rings is 2. The van der Waals surface area contributed by atoms with Crippen LogP contribution in [0.4, 0.5) is 0 Å². The van der Waals surface area contributed by atoms with Gasteiger partial charge in [-0.05, 0) is 47.7 Å². The Morgan fingerprint density at radius 3 is 2.71 bits per heavy atom. The molecule has 1 amide bonds. The van der Waals surface area contributed by atoms with E-state index >= 15 is 0 Å². The topological polar surface area (TPSA) is 46.9 Å². The van der Waals surface area contributed by atoms with Gasteiger partial charge in [-0.1, -0.05) is 48.5 Å². The Kier molecular flexibility index (Phi) is 5.43. The lowest BCUT2D eigenvalue weighted by molar-refractivity contribution is -0.122. The predicted octanol–water partition coefficient (Wildman–Crippen LogP) is 5.39. The van der Waals surface area contributed by atoms with Gasteiger partial charge in [0, 0.05) is 47.1 Å². The first-order valence-corrected chi connectivity index (χ1v) is 11.5. The highest BCUT2D eigenvalue weighted by Gasteiger charge is 2.44.